The Bertz CT molecular complexity index is 764. The lowest BCUT2D eigenvalue weighted by Crippen LogP contribution is -2.69. The largest absolute Gasteiger partial charge is 0.390 e. The minimum atomic E-state index is -1.89. The molecule has 0 unspecified atom stereocenters. The second-order valence-electron chi connectivity index (χ2n) is 10.1. The second-order valence-corrected chi connectivity index (χ2v) is 10.1. The minimum Gasteiger partial charge on any atom is -0.390 e. The number of hydrogen-bond donors (Lipinski definition) is 3. The molecule has 0 spiro atoms. The van der Waals surface area contributed by atoms with Gasteiger partial charge in [0.25, 0.3) is 0 Å². The van der Waals surface area contributed by atoms with Gasteiger partial charge in [-0.2, -0.15) is 0 Å². The number of fused-ring (bicyclic) bond motifs is 5. The Kier molecular flexibility index (Phi) is 4.29. The molecule has 3 saturated carbocycles. The summed E-state index contributed by atoms with van der Waals surface area (Å²) < 4.78 is 16.9. The number of aliphatic hydroxyl groups excluding tert-OH is 2. The van der Waals surface area contributed by atoms with Gasteiger partial charge in [0, 0.05) is 23.2 Å². The van der Waals surface area contributed by atoms with E-state index in [0.29, 0.717) is 25.7 Å². The van der Waals surface area contributed by atoms with Crippen LogP contribution in [0.2, 0.25) is 0 Å². The summed E-state index contributed by atoms with van der Waals surface area (Å²) in [5.74, 6) is -1.82. The number of ketones is 2. The van der Waals surface area contributed by atoms with Crippen molar-refractivity contribution in [3.8, 4) is 0 Å². The molecular formula is C22H31FO5. The van der Waals surface area contributed by atoms with Crippen molar-refractivity contribution in [2.24, 2.45) is 28.6 Å². The molecule has 0 bridgehead atoms. The molecule has 28 heavy (non-hydrogen) atoms. The van der Waals surface area contributed by atoms with E-state index in [2.05, 4.69) is 0 Å². The number of allylic oxidation sites excluding steroid dienone is 1. The molecular weight excluding hydrogens is 363 g/mol. The van der Waals surface area contributed by atoms with Crippen LogP contribution >= 0.6 is 0 Å². The first-order valence-corrected chi connectivity index (χ1v) is 10.4. The number of carbonyl (C=O) groups excluding carboxylic acids is 2. The molecule has 6 heteroatoms. The maximum absolute atomic E-state index is 16.9. The molecule has 5 nitrogen and oxygen atoms in total. The molecule has 0 aliphatic heterocycles. The Morgan fingerprint density at radius 3 is 2.61 bits per heavy atom. The number of alkyl halides is 1. The molecule has 156 valence electrons. The number of aliphatic hydroxyl groups is 3. The number of halogens is 1. The summed E-state index contributed by atoms with van der Waals surface area (Å²) in [7, 11) is 0. The van der Waals surface area contributed by atoms with Crippen molar-refractivity contribution in [1.82, 2.24) is 0 Å². The molecule has 4 aliphatic rings. The van der Waals surface area contributed by atoms with E-state index in [0.717, 1.165) is 5.57 Å². The van der Waals surface area contributed by atoms with Crippen LogP contribution in [0.3, 0.4) is 0 Å². The van der Waals surface area contributed by atoms with Crippen molar-refractivity contribution in [2.45, 2.75) is 76.7 Å². The molecule has 0 heterocycles. The molecule has 8 atom stereocenters. The zero-order valence-electron chi connectivity index (χ0n) is 16.9. The Hall–Kier alpha value is -1.11. The van der Waals surface area contributed by atoms with Gasteiger partial charge >= 0.3 is 0 Å². The van der Waals surface area contributed by atoms with Gasteiger partial charge in [0.1, 0.15) is 17.9 Å². The lowest BCUT2D eigenvalue weighted by Gasteiger charge is -2.63. The first kappa shape index (κ1) is 20.2. The number of hydrogen-bond acceptors (Lipinski definition) is 5. The normalized spacial score (nSPS) is 53.1. The van der Waals surface area contributed by atoms with Gasteiger partial charge in [-0.25, -0.2) is 4.39 Å². The number of Topliss-reactive ketones (excluding diaryl/α,β-unsaturated/α-hetero) is 1. The van der Waals surface area contributed by atoms with E-state index in [4.69, 9.17) is 0 Å². The van der Waals surface area contributed by atoms with E-state index in [-0.39, 0.29) is 24.5 Å². The first-order valence-electron chi connectivity index (χ1n) is 10.4. The smallest absolute Gasteiger partial charge is 0.190 e. The molecule has 0 saturated heterocycles. The van der Waals surface area contributed by atoms with E-state index < -0.39 is 52.4 Å². The molecule has 0 aromatic rings. The van der Waals surface area contributed by atoms with E-state index in [9.17, 15) is 24.9 Å². The molecule has 0 aromatic heterocycles. The average Bonchev–Trinajstić information content (AvgIpc) is 2.84. The van der Waals surface area contributed by atoms with Crippen LogP contribution in [0.25, 0.3) is 0 Å². The molecule has 0 radical (unpaired) electrons. The zero-order valence-corrected chi connectivity index (χ0v) is 16.9. The van der Waals surface area contributed by atoms with E-state index in [1.807, 2.05) is 6.92 Å². The Morgan fingerprint density at radius 1 is 1.29 bits per heavy atom. The molecule has 4 rings (SSSR count). The van der Waals surface area contributed by atoms with Crippen molar-refractivity contribution in [3.05, 3.63) is 11.6 Å². The summed E-state index contributed by atoms with van der Waals surface area (Å²) in [6, 6.07) is 0. The van der Waals surface area contributed by atoms with Crippen LogP contribution in [0.1, 0.15) is 59.3 Å². The highest BCUT2D eigenvalue weighted by Gasteiger charge is 2.75. The predicted molar refractivity (Wildman–Crippen MR) is 100 cm³/mol. The summed E-state index contributed by atoms with van der Waals surface area (Å²) in [6.45, 7) is 4.61. The van der Waals surface area contributed by atoms with Crippen LogP contribution in [-0.2, 0) is 9.59 Å². The van der Waals surface area contributed by atoms with Gasteiger partial charge in [0.2, 0.25) is 0 Å². The molecule has 0 aromatic carbocycles. The third-order valence-corrected chi connectivity index (χ3v) is 9.19. The maximum atomic E-state index is 16.9. The summed E-state index contributed by atoms with van der Waals surface area (Å²) >= 11 is 0. The highest BCUT2D eigenvalue weighted by atomic mass is 19.1. The Balaban J connectivity index is 1.83. The van der Waals surface area contributed by atoms with Gasteiger partial charge in [-0.05, 0) is 50.0 Å². The Morgan fingerprint density at radius 2 is 1.96 bits per heavy atom. The van der Waals surface area contributed by atoms with Crippen molar-refractivity contribution in [3.63, 3.8) is 0 Å². The third-order valence-electron chi connectivity index (χ3n) is 9.19. The van der Waals surface area contributed by atoms with Crippen LogP contribution < -0.4 is 0 Å². The topological polar surface area (TPSA) is 94.8 Å². The van der Waals surface area contributed by atoms with Crippen LogP contribution in [0, 0.1) is 28.6 Å². The lowest BCUT2D eigenvalue weighted by molar-refractivity contribution is -0.228. The van der Waals surface area contributed by atoms with Gasteiger partial charge in [0.05, 0.1) is 6.10 Å². The molecule has 0 amide bonds. The highest BCUT2D eigenvalue weighted by molar-refractivity contribution is 5.92. The minimum absolute atomic E-state index is 0.0158. The summed E-state index contributed by atoms with van der Waals surface area (Å²) in [6.07, 6.45) is 2.41. The fraction of sp³-hybridized carbons (Fsp3) is 0.818. The van der Waals surface area contributed by atoms with Crippen LogP contribution in [0.15, 0.2) is 11.6 Å². The maximum Gasteiger partial charge on any atom is 0.190 e. The predicted octanol–water partition coefficient (Wildman–Crippen LogP) is 2.12. The van der Waals surface area contributed by atoms with Gasteiger partial charge in [-0.1, -0.05) is 26.3 Å². The van der Waals surface area contributed by atoms with Gasteiger partial charge in [0.15, 0.2) is 11.6 Å². The van der Waals surface area contributed by atoms with E-state index >= 15 is 4.39 Å². The molecule has 3 N–H and O–H groups in total. The summed E-state index contributed by atoms with van der Waals surface area (Å²) in [5, 5.41) is 32.0. The van der Waals surface area contributed by atoms with Crippen LogP contribution in [0.5, 0.6) is 0 Å². The Labute approximate surface area is 165 Å². The van der Waals surface area contributed by atoms with Crippen molar-refractivity contribution >= 4 is 11.6 Å². The van der Waals surface area contributed by atoms with E-state index in [1.54, 1.807) is 19.9 Å². The number of rotatable bonds is 2. The summed E-state index contributed by atoms with van der Waals surface area (Å²) in [5.41, 5.74) is -4.77. The van der Waals surface area contributed by atoms with E-state index in [1.165, 1.54) is 0 Å². The zero-order chi connectivity index (χ0) is 20.7. The SMILES string of the molecule is C[C@@H]1C[C@H]2[C@H]3CCC4=CC(=O)CC[C@]4(C)[C@]3(F)[C@@H](O)C[C@]2(C)[C@@]1(O)C(=O)CO. The van der Waals surface area contributed by atoms with Crippen LogP contribution in [0.4, 0.5) is 4.39 Å². The average molecular weight is 394 g/mol. The van der Waals surface area contributed by atoms with Gasteiger partial charge in [-0.3, -0.25) is 9.59 Å². The van der Waals surface area contributed by atoms with Crippen molar-refractivity contribution in [1.29, 1.82) is 0 Å². The quantitative estimate of drug-likeness (QED) is 0.667. The van der Waals surface area contributed by atoms with Crippen molar-refractivity contribution in [2.75, 3.05) is 6.61 Å². The number of carbonyl (C=O) groups is 2. The fourth-order valence-corrected chi connectivity index (χ4v) is 7.62. The molecule has 3 fully saturated rings. The lowest BCUT2D eigenvalue weighted by atomic mass is 9.44. The molecule has 4 aliphatic carbocycles. The third kappa shape index (κ3) is 2.07. The highest BCUT2D eigenvalue weighted by Crippen LogP contribution is 2.71. The second kappa shape index (κ2) is 5.96. The summed E-state index contributed by atoms with van der Waals surface area (Å²) in [4.78, 5) is 24.5. The standard InChI is InChI=1S/C22H31FO5/c1-12-8-16-15-5-4-13-9-14(25)6-7-19(13,2)21(15,23)17(26)10-20(16,3)22(12,28)18(27)11-24/h9,12,15-17,24,26,28H,4-8,10-11H2,1-3H3/t12-,15-,16+,17+,19+,20+,21-,22+/m1/s1. The van der Waals surface area contributed by atoms with Gasteiger partial charge < -0.3 is 15.3 Å². The fourth-order valence-electron chi connectivity index (χ4n) is 7.62. The van der Waals surface area contributed by atoms with Gasteiger partial charge in [-0.15, -0.1) is 0 Å². The van der Waals surface area contributed by atoms with Crippen molar-refractivity contribution < 1.29 is 29.3 Å². The first-order chi connectivity index (χ1) is 13.0. The van der Waals surface area contributed by atoms with Crippen LogP contribution in [-0.4, -0.2) is 50.9 Å². The monoisotopic (exact) mass is 394 g/mol.